The van der Waals surface area contributed by atoms with Crippen LogP contribution in [0.2, 0.25) is 0 Å². The van der Waals surface area contributed by atoms with E-state index in [2.05, 4.69) is 12.6 Å². The molecule has 0 aliphatic heterocycles. The van der Waals surface area contributed by atoms with E-state index in [4.69, 9.17) is 0 Å². The Kier molecular flexibility index (Phi) is 1.44. The smallest absolute Gasteiger partial charge is 0.141 e. The van der Waals surface area contributed by atoms with Crippen molar-refractivity contribution in [1.29, 1.82) is 0 Å². The summed E-state index contributed by atoms with van der Waals surface area (Å²) < 4.78 is 12.2. The predicted octanol–water partition coefficient (Wildman–Crippen LogP) is 2.38. The summed E-state index contributed by atoms with van der Waals surface area (Å²) in [7, 11) is 0. The molecule has 1 radical (unpaired) electrons. The van der Waals surface area contributed by atoms with Gasteiger partial charge in [-0.3, -0.25) is 0 Å². The van der Waals surface area contributed by atoms with Crippen molar-refractivity contribution in [3.8, 4) is 0 Å². The summed E-state index contributed by atoms with van der Waals surface area (Å²) in [4.78, 5) is 0.285. The van der Waals surface area contributed by atoms with Crippen LogP contribution in [0.1, 0.15) is 0 Å². The summed E-state index contributed by atoms with van der Waals surface area (Å²) in [6.45, 7) is 0. The first-order valence-corrected chi connectivity index (χ1v) is 2.63. The molecule has 1 rings (SSSR count). The van der Waals surface area contributed by atoms with E-state index in [0.717, 1.165) is 0 Å². The van der Waals surface area contributed by atoms with Gasteiger partial charge in [0, 0.05) is 0 Å². The van der Waals surface area contributed by atoms with Crippen LogP contribution in [0.5, 0.6) is 0 Å². The van der Waals surface area contributed by atoms with E-state index < -0.39 is 0 Å². The van der Waals surface area contributed by atoms with E-state index in [1.165, 1.54) is 6.07 Å². The lowest BCUT2D eigenvalue weighted by Crippen LogP contribution is -1.71. The van der Waals surface area contributed by atoms with Crippen molar-refractivity contribution in [3.63, 3.8) is 0 Å². The SMILES string of the molecule is Fc1ccccc1[S]. The third-order valence-corrected chi connectivity index (χ3v) is 1.17. The normalized spacial score (nSPS) is 9.12. The van der Waals surface area contributed by atoms with Gasteiger partial charge in [-0.15, -0.1) is 0 Å². The van der Waals surface area contributed by atoms with Gasteiger partial charge in [-0.2, -0.15) is 0 Å². The molecule has 0 nitrogen and oxygen atoms in total. The van der Waals surface area contributed by atoms with Gasteiger partial charge in [-0.05, 0) is 12.1 Å². The Hall–Kier alpha value is -0.630. The van der Waals surface area contributed by atoms with E-state index >= 15 is 0 Å². The van der Waals surface area contributed by atoms with Crippen molar-refractivity contribution in [2.24, 2.45) is 0 Å². The number of halogens is 1. The molecule has 0 aliphatic rings. The van der Waals surface area contributed by atoms with Crippen LogP contribution in [-0.4, -0.2) is 0 Å². The highest BCUT2D eigenvalue weighted by atomic mass is 32.1. The maximum absolute atomic E-state index is 12.2. The van der Waals surface area contributed by atoms with Crippen LogP contribution in [0.25, 0.3) is 0 Å². The van der Waals surface area contributed by atoms with Crippen LogP contribution in [-0.2, 0) is 0 Å². The fourth-order valence-corrected chi connectivity index (χ4v) is 0.591. The second kappa shape index (κ2) is 2.09. The van der Waals surface area contributed by atoms with Gasteiger partial charge in [0.05, 0.1) is 4.90 Å². The second-order valence-corrected chi connectivity index (χ2v) is 1.87. The first-order chi connectivity index (χ1) is 3.80. The monoisotopic (exact) mass is 127 g/mol. The maximum atomic E-state index is 12.2. The Bertz CT molecular complexity index is 165. The van der Waals surface area contributed by atoms with Crippen LogP contribution in [0, 0.1) is 5.82 Å². The van der Waals surface area contributed by atoms with E-state index in [1.54, 1.807) is 18.2 Å². The molecule has 0 heterocycles. The zero-order valence-corrected chi connectivity index (χ0v) is 4.91. The van der Waals surface area contributed by atoms with Crippen molar-refractivity contribution >= 4 is 12.6 Å². The highest BCUT2D eigenvalue weighted by Crippen LogP contribution is 2.08. The fourth-order valence-electron chi connectivity index (χ4n) is 0.445. The quantitative estimate of drug-likeness (QED) is 0.502. The minimum Gasteiger partial charge on any atom is -0.205 e. The lowest BCUT2D eigenvalue weighted by atomic mass is 10.4. The molecule has 8 heavy (non-hydrogen) atoms. The Balaban J connectivity index is 3.13. The molecule has 1 aromatic rings. The van der Waals surface area contributed by atoms with Crippen LogP contribution < -0.4 is 0 Å². The average Bonchev–Trinajstić information content (AvgIpc) is 1.77. The van der Waals surface area contributed by atoms with Gasteiger partial charge in [0.25, 0.3) is 0 Å². The summed E-state index contributed by atoms with van der Waals surface area (Å²) in [6.07, 6.45) is 0. The largest absolute Gasteiger partial charge is 0.205 e. The molecule has 0 aliphatic carbocycles. The average molecular weight is 127 g/mol. The molecule has 0 unspecified atom stereocenters. The molecule has 0 saturated carbocycles. The molecule has 0 spiro atoms. The topological polar surface area (TPSA) is 0 Å². The van der Waals surface area contributed by atoms with Crippen LogP contribution in [0.4, 0.5) is 4.39 Å². The molecule has 41 valence electrons. The number of hydrogen-bond donors (Lipinski definition) is 0. The van der Waals surface area contributed by atoms with Crippen LogP contribution in [0.3, 0.4) is 0 Å². The van der Waals surface area contributed by atoms with E-state index in [1.807, 2.05) is 0 Å². The standard InChI is InChI=1S/C6H4FS/c7-5-3-1-2-4-6(5)8/h1-4H. The lowest BCUT2D eigenvalue weighted by molar-refractivity contribution is 0.602. The zero-order valence-electron chi connectivity index (χ0n) is 4.10. The van der Waals surface area contributed by atoms with E-state index in [9.17, 15) is 4.39 Å². The van der Waals surface area contributed by atoms with Gasteiger partial charge in [0.1, 0.15) is 5.82 Å². The number of hydrogen-bond acceptors (Lipinski definition) is 0. The number of benzene rings is 1. The van der Waals surface area contributed by atoms with Crippen LogP contribution >= 0.6 is 12.6 Å². The van der Waals surface area contributed by atoms with Gasteiger partial charge >= 0.3 is 0 Å². The highest BCUT2D eigenvalue weighted by Gasteiger charge is 1.91. The molecule has 0 N–H and O–H groups in total. The van der Waals surface area contributed by atoms with Crippen LogP contribution in [0.15, 0.2) is 29.2 Å². The van der Waals surface area contributed by atoms with Gasteiger partial charge in [0.15, 0.2) is 0 Å². The fraction of sp³-hybridized carbons (Fsp3) is 0. The summed E-state index contributed by atoms with van der Waals surface area (Å²) >= 11 is 4.58. The summed E-state index contributed by atoms with van der Waals surface area (Å²) in [5.41, 5.74) is 0. The summed E-state index contributed by atoms with van der Waals surface area (Å²) in [6, 6.07) is 6.24. The molecule has 0 aromatic heterocycles. The first-order valence-electron chi connectivity index (χ1n) is 2.22. The van der Waals surface area contributed by atoms with E-state index in [0.29, 0.717) is 0 Å². The Morgan fingerprint density at radius 2 is 1.88 bits per heavy atom. The van der Waals surface area contributed by atoms with Crippen molar-refractivity contribution in [2.45, 2.75) is 4.90 Å². The van der Waals surface area contributed by atoms with Crippen molar-refractivity contribution in [1.82, 2.24) is 0 Å². The molecule has 1 aromatic carbocycles. The Labute approximate surface area is 52.8 Å². The molecular weight excluding hydrogens is 123 g/mol. The minimum absolute atomic E-state index is 0.285. The van der Waals surface area contributed by atoms with Gasteiger partial charge in [0.2, 0.25) is 0 Å². The highest BCUT2D eigenvalue weighted by molar-refractivity contribution is 7.80. The predicted molar refractivity (Wildman–Crippen MR) is 32.3 cm³/mol. The summed E-state index contributed by atoms with van der Waals surface area (Å²) in [5.74, 6) is -0.317. The first kappa shape index (κ1) is 5.51. The van der Waals surface area contributed by atoms with Gasteiger partial charge in [-0.25, -0.2) is 4.39 Å². The molecule has 0 atom stereocenters. The Morgan fingerprint density at radius 1 is 1.25 bits per heavy atom. The van der Waals surface area contributed by atoms with Crippen molar-refractivity contribution < 1.29 is 4.39 Å². The second-order valence-electron chi connectivity index (χ2n) is 1.43. The van der Waals surface area contributed by atoms with Gasteiger partial charge in [-0.1, -0.05) is 24.8 Å². The third kappa shape index (κ3) is 0.954. The third-order valence-electron chi connectivity index (χ3n) is 0.837. The molecular formula is C6H4FS. The lowest BCUT2D eigenvalue weighted by Gasteiger charge is -1.86. The molecule has 2 heteroatoms. The van der Waals surface area contributed by atoms with Crippen molar-refractivity contribution in [2.75, 3.05) is 0 Å². The summed E-state index contributed by atoms with van der Waals surface area (Å²) in [5, 5.41) is 0. The minimum atomic E-state index is -0.317. The molecule has 0 bridgehead atoms. The number of rotatable bonds is 0. The van der Waals surface area contributed by atoms with Gasteiger partial charge < -0.3 is 0 Å². The Morgan fingerprint density at radius 3 is 2.25 bits per heavy atom. The molecule has 0 amide bonds. The van der Waals surface area contributed by atoms with E-state index in [-0.39, 0.29) is 10.7 Å². The zero-order chi connectivity index (χ0) is 5.98. The molecule has 0 saturated heterocycles. The maximum Gasteiger partial charge on any atom is 0.141 e. The van der Waals surface area contributed by atoms with Crippen molar-refractivity contribution in [3.05, 3.63) is 30.1 Å². The molecule has 0 fully saturated rings.